The fourth-order valence-electron chi connectivity index (χ4n) is 3.30. The second-order valence-electron chi connectivity index (χ2n) is 7.56. The first-order chi connectivity index (χ1) is 14.3. The van der Waals surface area contributed by atoms with Gasteiger partial charge >= 0.3 is 0 Å². The minimum Gasteiger partial charge on any atom is -0.497 e. The van der Waals surface area contributed by atoms with Gasteiger partial charge in [0.2, 0.25) is 5.91 Å². The molecule has 0 heterocycles. The van der Waals surface area contributed by atoms with Gasteiger partial charge in [-0.1, -0.05) is 19.1 Å². The molecule has 2 aromatic carbocycles. The Balaban J connectivity index is 1.80. The Bertz CT molecular complexity index is 1010. The summed E-state index contributed by atoms with van der Waals surface area (Å²) in [4.78, 5) is 12.7. The summed E-state index contributed by atoms with van der Waals surface area (Å²) in [6.07, 6.45) is 2.46. The molecule has 0 aliphatic heterocycles. The van der Waals surface area contributed by atoms with Crippen LogP contribution in [0.4, 0.5) is 5.69 Å². The minimum absolute atomic E-state index is 0.0139. The number of ether oxygens (including phenoxy) is 2. The van der Waals surface area contributed by atoms with E-state index in [1.165, 1.54) is 20.3 Å². The lowest BCUT2D eigenvalue weighted by atomic mass is 9.94. The van der Waals surface area contributed by atoms with Crippen LogP contribution in [-0.4, -0.2) is 34.6 Å². The summed E-state index contributed by atoms with van der Waals surface area (Å²) in [6.45, 7) is 4.02. The van der Waals surface area contributed by atoms with Crippen molar-refractivity contribution in [1.29, 1.82) is 0 Å². The number of hydrogen-bond donors (Lipinski definition) is 2. The van der Waals surface area contributed by atoms with Crippen molar-refractivity contribution in [1.82, 2.24) is 5.32 Å². The van der Waals surface area contributed by atoms with Crippen molar-refractivity contribution in [3.63, 3.8) is 0 Å². The highest BCUT2D eigenvalue weighted by Crippen LogP contribution is 2.48. The number of carbonyl (C=O) groups excluding carboxylic acids is 1. The molecule has 0 unspecified atom stereocenters. The summed E-state index contributed by atoms with van der Waals surface area (Å²) in [5.74, 6) is 0.666. The molecule has 3 rings (SSSR count). The Kier molecular flexibility index (Phi) is 6.26. The van der Waals surface area contributed by atoms with Crippen molar-refractivity contribution < 1.29 is 22.7 Å². The molecule has 162 valence electrons. The van der Waals surface area contributed by atoms with Crippen molar-refractivity contribution in [3.05, 3.63) is 48.0 Å². The van der Waals surface area contributed by atoms with Crippen LogP contribution in [-0.2, 0) is 20.2 Å². The van der Waals surface area contributed by atoms with Gasteiger partial charge < -0.3 is 14.8 Å². The number of sulfonamides is 1. The Hall–Kier alpha value is -2.74. The Morgan fingerprint density at radius 2 is 1.77 bits per heavy atom. The van der Waals surface area contributed by atoms with Gasteiger partial charge in [0.15, 0.2) is 0 Å². The Morgan fingerprint density at radius 1 is 1.10 bits per heavy atom. The van der Waals surface area contributed by atoms with Gasteiger partial charge in [0.1, 0.15) is 16.4 Å². The van der Waals surface area contributed by atoms with E-state index in [-0.39, 0.29) is 22.6 Å². The average Bonchev–Trinajstić information content (AvgIpc) is 3.55. The molecule has 1 amide bonds. The lowest BCUT2D eigenvalue weighted by Crippen LogP contribution is -2.39. The number of methoxy groups -OCH3 is 2. The fraction of sp³-hybridized carbons (Fsp3) is 0.409. The van der Waals surface area contributed by atoms with Crippen LogP contribution in [0, 0.1) is 0 Å². The summed E-state index contributed by atoms with van der Waals surface area (Å²) in [5, 5.41) is 3.05. The molecule has 30 heavy (non-hydrogen) atoms. The van der Waals surface area contributed by atoms with E-state index < -0.39 is 15.4 Å². The topological polar surface area (TPSA) is 93.7 Å². The van der Waals surface area contributed by atoms with Gasteiger partial charge in [-0.05, 0) is 56.0 Å². The lowest BCUT2D eigenvalue weighted by Gasteiger charge is -2.19. The quantitative estimate of drug-likeness (QED) is 0.633. The summed E-state index contributed by atoms with van der Waals surface area (Å²) in [5.41, 5.74) is 0.795. The van der Waals surface area contributed by atoms with E-state index in [0.717, 1.165) is 24.8 Å². The second kappa shape index (κ2) is 8.55. The normalized spacial score (nSPS) is 15.7. The Morgan fingerprint density at radius 3 is 2.30 bits per heavy atom. The fourth-order valence-corrected chi connectivity index (χ4v) is 4.54. The van der Waals surface area contributed by atoms with Gasteiger partial charge in [0, 0.05) is 17.8 Å². The van der Waals surface area contributed by atoms with Gasteiger partial charge in [-0.25, -0.2) is 8.42 Å². The van der Waals surface area contributed by atoms with Crippen LogP contribution in [0.25, 0.3) is 0 Å². The number of carbonyl (C=O) groups is 1. The lowest BCUT2D eigenvalue weighted by molar-refractivity contribution is -0.124. The van der Waals surface area contributed by atoms with Crippen molar-refractivity contribution in [2.75, 3.05) is 18.9 Å². The van der Waals surface area contributed by atoms with Crippen LogP contribution in [0.2, 0.25) is 0 Å². The third kappa shape index (κ3) is 4.38. The molecular formula is C22H28N2O5S. The van der Waals surface area contributed by atoms with E-state index >= 15 is 0 Å². The van der Waals surface area contributed by atoms with Gasteiger partial charge in [0.05, 0.1) is 19.6 Å². The predicted octanol–water partition coefficient (Wildman–Crippen LogP) is 3.45. The van der Waals surface area contributed by atoms with Gasteiger partial charge in [0.25, 0.3) is 10.0 Å². The van der Waals surface area contributed by atoms with Crippen LogP contribution in [0.3, 0.4) is 0 Å². The summed E-state index contributed by atoms with van der Waals surface area (Å²) in [7, 11) is -1.01. The van der Waals surface area contributed by atoms with Crippen LogP contribution in [0.1, 0.15) is 38.7 Å². The van der Waals surface area contributed by atoms with Crippen molar-refractivity contribution in [3.8, 4) is 11.5 Å². The van der Waals surface area contributed by atoms with E-state index in [1.807, 2.05) is 26.0 Å². The zero-order valence-electron chi connectivity index (χ0n) is 17.7. The van der Waals surface area contributed by atoms with Crippen LogP contribution < -0.4 is 19.5 Å². The highest BCUT2D eigenvalue weighted by Gasteiger charge is 2.51. The van der Waals surface area contributed by atoms with E-state index in [0.29, 0.717) is 11.4 Å². The molecule has 0 saturated heterocycles. The third-order valence-electron chi connectivity index (χ3n) is 5.52. The first-order valence-electron chi connectivity index (χ1n) is 9.92. The van der Waals surface area contributed by atoms with Crippen LogP contribution in [0.5, 0.6) is 11.5 Å². The minimum atomic E-state index is -3.89. The molecule has 1 fully saturated rings. The number of benzene rings is 2. The van der Waals surface area contributed by atoms with E-state index in [4.69, 9.17) is 9.47 Å². The van der Waals surface area contributed by atoms with E-state index in [9.17, 15) is 13.2 Å². The van der Waals surface area contributed by atoms with E-state index in [1.54, 1.807) is 24.3 Å². The highest BCUT2D eigenvalue weighted by molar-refractivity contribution is 7.92. The number of amides is 1. The molecule has 0 radical (unpaired) electrons. The molecule has 7 nitrogen and oxygen atoms in total. The standard InChI is InChI=1S/C22H28N2O5S/c1-5-15(2)23-21(25)22(12-13-22)16-6-8-17(9-7-16)24-30(26,27)20-14-18(28-3)10-11-19(20)29-4/h6-11,14-15,24H,5,12-13H2,1-4H3,(H,23,25)/t15-/m0/s1. The third-order valence-corrected chi connectivity index (χ3v) is 6.93. The zero-order valence-corrected chi connectivity index (χ0v) is 18.5. The molecule has 2 N–H and O–H groups in total. The number of nitrogens with one attached hydrogen (secondary N) is 2. The molecule has 1 aliphatic carbocycles. The highest BCUT2D eigenvalue weighted by atomic mass is 32.2. The summed E-state index contributed by atoms with van der Waals surface area (Å²) in [6, 6.07) is 11.7. The number of rotatable bonds is 9. The van der Waals surface area contributed by atoms with Crippen LogP contribution in [0.15, 0.2) is 47.4 Å². The predicted molar refractivity (Wildman–Crippen MR) is 116 cm³/mol. The average molecular weight is 433 g/mol. The molecular weight excluding hydrogens is 404 g/mol. The molecule has 0 bridgehead atoms. The van der Waals surface area contributed by atoms with Crippen LogP contribution >= 0.6 is 0 Å². The van der Waals surface area contributed by atoms with Gasteiger partial charge in [-0.2, -0.15) is 0 Å². The SMILES string of the molecule is CC[C@H](C)NC(=O)C1(c2ccc(NS(=O)(=O)c3cc(OC)ccc3OC)cc2)CC1. The van der Waals surface area contributed by atoms with Gasteiger partial charge in [-0.3, -0.25) is 9.52 Å². The first kappa shape index (κ1) is 22.0. The molecule has 1 atom stereocenters. The smallest absolute Gasteiger partial charge is 0.265 e. The summed E-state index contributed by atoms with van der Waals surface area (Å²) >= 11 is 0. The molecule has 2 aromatic rings. The number of hydrogen-bond acceptors (Lipinski definition) is 5. The summed E-state index contributed by atoms with van der Waals surface area (Å²) < 4.78 is 38.7. The maximum Gasteiger partial charge on any atom is 0.265 e. The first-order valence-corrected chi connectivity index (χ1v) is 11.4. The monoisotopic (exact) mass is 432 g/mol. The van der Waals surface area contributed by atoms with Crippen molar-refractivity contribution >= 4 is 21.6 Å². The molecule has 0 aromatic heterocycles. The Labute approximate surface area is 177 Å². The maximum absolute atomic E-state index is 12.9. The maximum atomic E-state index is 12.9. The van der Waals surface area contributed by atoms with Crippen molar-refractivity contribution in [2.24, 2.45) is 0 Å². The van der Waals surface area contributed by atoms with Crippen molar-refractivity contribution in [2.45, 2.75) is 49.5 Å². The van der Waals surface area contributed by atoms with E-state index in [2.05, 4.69) is 10.0 Å². The molecule has 1 saturated carbocycles. The molecule has 1 aliphatic rings. The molecule has 0 spiro atoms. The largest absolute Gasteiger partial charge is 0.497 e. The second-order valence-corrected chi connectivity index (χ2v) is 9.22. The number of anilines is 1. The molecule has 8 heteroatoms. The van der Waals surface area contributed by atoms with Gasteiger partial charge in [-0.15, -0.1) is 0 Å². The zero-order chi connectivity index (χ0) is 21.9.